The van der Waals surface area contributed by atoms with E-state index >= 15 is 0 Å². The summed E-state index contributed by atoms with van der Waals surface area (Å²) in [6.45, 7) is 2.17. The first kappa shape index (κ1) is 7.74. The zero-order valence-electron chi connectivity index (χ0n) is 7.37. The molecule has 0 N–H and O–H groups in total. The molecular formula is C10H12NS+. The average molecular weight is 178 g/mol. The molecule has 0 aliphatic heterocycles. The van der Waals surface area contributed by atoms with Gasteiger partial charge in [0, 0.05) is 16.5 Å². The molecule has 62 valence electrons. The number of hydrogen-bond donors (Lipinski definition) is 0. The van der Waals surface area contributed by atoms with E-state index in [9.17, 15) is 0 Å². The number of nitrogens with zero attached hydrogens (tertiary/aromatic N) is 1. The third kappa shape index (κ3) is 1.12. The van der Waals surface area contributed by atoms with Crippen molar-refractivity contribution < 1.29 is 0 Å². The van der Waals surface area contributed by atoms with Gasteiger partial charge < -0.3 is 0 Å². The Morgan fingerprint density at radius 3 is 3.00 bits per heavy atom. The number of rotatable bonds is 1. The summed E-state index contributed by atoms with van der Waals surface area (Å²) < 4.78 is 1.40. The van der Waals surface area contributed by atoms with Crippen molar-refractivity contribution in [1.29, 1.82) is 0 Å². The monoisotopic (exact) mass is 178 g/mol. The smallest absolute Gasteiger partial charge is 0.200 e. The molecule has 0 fully saturated rings. The van der Waals surface area contributed by atoms with Gasteiger partial charge in [-0.2, -0.15) is 4.98 Å². The highest BCUT2D eigenvalue weighted by Crippen LogP contribution is 2.26. The topological polar surface area (TPSA) is 12.9 Å². The standard InChI is InChI=1S/C10H12NS/c1-3-8-4-5-10-9(6-8)11-7-12(10)2/h4-7H,3H2,1-2H3/q+1. The molecule has 0 bridgehead atoms. The Hall–Kier alpha value is -0.890. The Morgan fingerprint density at radius 2 is 2.25 bits per heavy atom. The van der Waals surface area contributed by atoms with E-state index in [-0.39, 0.29) is 10.5 Å². The maximum Gasteiger partial charge on any atom is 0.230 e. The zero-order valence-corrected chi connectivity index (χ0v) is 8.19. The fraction of sp³-hybridized carbons (Fsp3) is 0.300. The van der Waals surface area contributed by atoms with Crippen molar-refractivity contribution in [3.63, 3.8) is 0 Å². The number of aryl methyl sites for hydroxylation is 2. The SMILES string of the molecule is CCc1ccc2c(c1)nc[s+]2C. The van der Waals surface area contributed by atoms with Crippen molar-refractivity contribution in [2.45, 2.75) is 13.3 Å². The third-order valence-corrected chi connectivity index (χ3v) is 3.59. The van der Waals surface area contributed by atoms with Gasteiger partial charge >= 0.3 is 0 Å². The highest BCUT2D eigenvalue weighted by atomic mass is 32.2. The van der Waals surface area contributed by atoms with Gasteiger partial charge in [0.15, 0.2) is 4.70 Å². The van der Waals surface area contributed by atoms with Gasteiger partial charge in [-0.3, -0.25) is 0 Å². The van der Waals surface area contributed by atoms with E-state index in [2.05, 4.69) is 36.4 Å². The van der Waals surface area contributed by atoms with E-state index < -0.39 is 0 Å². The van der Waals surface area contributed by atoms with E-state index in [4.69, 9.17) is 0 Å². The molecule has 0 amide bonds. The van der Waals surface area contributed by atoms with Gasteiger partial charge in [-0.05, 0) is 18.1 Å². The highest BCUT2D eigenvalue weighted by Gasteiger charge is 2.07. The molecule has 2 aromatic rings. The van der Waals surface area contributed by atoms with Crippen LogP contribution in [0.3, 0.4) is 0 Å². The van der Waals surface area contributed by atoms with Crippen molar-refractivity contribution in [2.24, 2.45) is 6.26 Å². The second kappa shape index (κ2) is 2.87. The van der Waals surface area contributed by atoms with E-state index in [1.807, 2.05) is 5.51 Å². The second-order valence-electron chi connectivity index (χ2n) is 2.95. The molecular weight excluding hydrogens is 166 g/mol. The Morgan fingerprint density at radius 1 is 1.42 bits per heavy atom. The summed E-state index contributed by atoms with van der Waals surface area (Å²) in [7, 11) is 0.250. The number of benzene rings is 1. The van der Waals surface area contributed by atoms with Crippen LogP contribution in [0.4, 0.5) is 0 Å². The van der Waals surface area contributed by atoms with Crippen LogP contribution in [0.1, 0.15) is 12.5 Å². The van der Waals surface area contributed by atoms with Crippen LogP contribution in [-0.2, 0) is 12.7 Å². The quantitative estimate of drug-likeness (QED) is 0.611. The molecule has 1 unspecified atom stereocenters. The van der Waals surface area contributed by atoms with Crippen LogP contribution < -0.4 is 0 Å². The fourth-order valence-electron chi connectivity index (χ4n) is 1.35. The predicted octanol–water partition coefficient (Wildman–Crippen LogP) is 3.08. The van der Waals surface area contributed by atoms with Crippen LogP contribution in [0.5, 0.6) is 0 Å². The summed E-state index contributed by atoms with van der Waals surface area (Å²) in [5.41, 5.74) is 4.61. The molecule has 1 nitrogen and oxygen atoms in total. The van der Waals surface area contributed by atoms with Crippen molar-refractivity contribution in [1.82, 2.24) is 4.98 Å². The molecule has 0 saturated carbocycles. The van der Waals surface area contributed by atoms with Crippen molar-refractivity contribution in [3.05, 3.63) is 29.3 Å². The van der Waals surface area contributed by atoms with Gasteiger partial charge in [-0.25, -0.2) is 0 Å². The first-order valence-corrected chi connectivity index (χ1v) is 5.82. The summed E-state index contributed by atoms with van der Waals surface area (Å²) in [5, 5.41) is 0. The Balaban J connectivity index is 2.69. The minimum Gasteiger partial charge on any atom is -0.200 e. The van der Waals surface area contributed by atoms with Crippen LogP contribution in [0.15, 0.2) is 23.7 Å². The molecule has 0 saturated heterocycles. The summed E-state index contributed by atoms with van der Waals surface area (Å²) in [6, 6.07) is 6.61. The minimum atomic E-state index is 0.250. The molecule has 1 aromatic heterocycles. The summed E-state index contributed by atoms with van der Waals surface area (Å²) in [6.07, 6.45) is 3.31. The average Bonchev–Trinajstić information content (AvgIpc) is 2.47. The van der Waals surface area contributed by atoms with Crippen molar-refractivity contribution in [3.8, 4) is 0 Å². The fourth-order valence-corrected chi connectivity index (χ4v) is 2.46. The second-order valence-corrected chi connectivity index (χ2v) is 4.71. The summed E-state index contributed by atoms with van der Waals surface area (Å²) in [4.78, 5) is 4.38. The van der Waals surface area contributed by atoms with Gasteiger partial charge in [-0.1, -0.05) is 13.0 Å². The van der Waals surface area contributed by atoms with E-state index in [1.165, 1.54) is 15.8 Å². The van der Waals surface area contributed by atoms with Crippen LogP contribution in [0.2, 0.25) is 0 Å². The molecule has 2 rings (SSSR count). The number of aromatic nitrogens is 1. The number of hydrogen-bond acceptors (Lipinski definition) is 1. The summed E-state index contributed by atoms with van der Waals surface area (Å²) in [5.74, 6) is 0. The number of fused-ring (bicyclic) bond motifs is 1. The molecule has 1 atom stereocenters. The Kier molecular flexibility index (Phi) is 1.85. The van der Waals surface area contributed by atoms with Gasteiger partial charge in [0.2, 0.25) is 5.51 Å². The molecule has 12 heavy (non-hydrogen) atoms. The van der Waals surface area contributed by atoms with Crippen LogP contribution in [0, 0.1) is 0 Å². The van der Waals surface area contributed by atoms with E-state index in [0.29, 0.717) is 0 Å². The van der Waals surface area contributed by atoms with E-state index in [1.54, 1.807) is 0 Å². The Labute approximate surface area is 75.0 Å². The molecule has 1 aromatic carbocycles. The lowest BCUT2D eigenvalue weighted by Crippen LogP contribution is -1.77. The van der Waals surface area contributed by atoms with Gasteiger partial charge in [0.25, 0.3) is 0 Å². The molecule has 0 spiro atoms. The van der Waals surface area contributed by atoms with Crippen molar-refractivity contribution in [2.75, 3.05) is 0 Å². The predicted molar refractivity (Wildman–Crippen MR) is 54.6 cm³/mol. The zero-order chi connectivity index (χ0) is 8.55. The maximum atomic E-state index is 4.38. The van der Waals surface area contributed by atoms with Crippen LogP contribution in [0.25, 0.3) is 10.2 Å². The van der Waals surface area contributed by atoms with Gasteiger partial charge in [0.1, 0.15) is 11.8 Å². The lowest BCUT2D eigenvalue weighted by Gasteiger charge is -1.91. The minimum absolute atomic E-state index is 0.250. The molecule has 0 aliphatic carbocycles. The molecule has 0 radical (unpaired) electrons. The lowest BCUT2D eigenvalue weighted by molar-refractivity contribution is 1.14. The maximum absolute atomic E-state index is 4.38. The molecule has 0 aliphatic rings. The first-order valence-electron chi connectivity index (χ1n) is 4.13. The number of thiazole rings is 1. The normalized spacial score (nSPS) is 12.3. The molecule has 2 heteroatoms. The van der Waals surface area contributed by atoms with Gasteiger partial charge in [0.05, 0.1) is 0 Å². The van der Waals surface area contributed by atoms with Crippen molar-refractivity contribution >= 4 is 20.7 Å². The summed E-state index contributed by atoms with van der Waals surface area (Å²) >= 11 is 0. The third-order valence-electron chi connectivity index (χ3n) is 2.13. The van der Waals surface area contributed by atoms with Crippen LogP contribution in [-0.4, -0.2) is 4.98 Å². The Bertz CT molecular complexity index is 403. The van der Waals surface area contributed by atoms with Crippen LogP contribution >= 0.6 is 10.5 Å². The van der Waals surface area contributed by atoms with Gasteiger partial charge in [-0.15, -0.1) is 0 Å². The highest BCUT2D eigenvalue weighted by molar-refractivity contribution is 7.33. The lowest BCUT2D eigenvalue weighted by atomic mass is 10.2. The molecule has 1 heterocycles. The largest absolute Gasteiger partial charge is 0.230 e. The first-order chi connectivity index (χ1) is 5.81. The van der Waals surface area contributed by atoms with E-state index in [0.717, 1.165) is 6.42 Å².